The molecule has 0 spiro atoms. The van der Waals surface area contributed by atoms with Gasteiger partial charge in [0.15, 0.2) is 14.9 Å². The maximum Gasteiger partial charge on any atom is 0.194 e. The molecule has 2 heterocycles. The van der Waals surface area contributed by atoms with E-state index in [0.29, 0.717) is 17.4 Å². The Labute approximate surface area is 145 Å². The third kappa shape index (κ3) is 3.49. The third-order valence-electron chi connectivity index (χ3n) is 3.66. The zero-order valence-electron chi connectivity index (χ0n) is 13.3. The molecule has 0 N–H and O–H groups in total. The maximum absolute atomic E-state index is 11.9. The van der Waals surface area contributed by atoms with Crippen molar-refractivity contribution in [1.29, 1.82) is 0 Å². The highest BCUT2D eigenvalue weighted by Gasteiger charge is 2.17. The van der Waals surface area contributed by atoms with Gasteiger partial charge < -0.3 is 4.90 Å². The summed E-state index contributed by atoms with van der Waals surface area (Å²) in [5, 5.41) is 1.53. The quantitative estimate of drug-likeness (QED) is 0.667. The number of rotatable bonds is 4. The molecular formula is C17H16ClN3O2S. The monoisotopic (exact) mass is 361 g/mol. The van der Waals surface area contributed by atoms with E-state index in [9.17, 15) is 8.42 Å². The standard InChI is InChI=1S/C17H16ClN3O2S/c1-21(15-4-3-9-19-17(15)24(2,22)23)11-12-5-6-13-7-8-16(18)20-14(13)10-12/h3-10H,11H2,1-2H3. The van der Waals surface area contributed by atoms with Crippen molar-refractivity contribution in [3.8, 4) is 0 Å². The van der Waals surface area contributed by atoms with Gasteiger partial charge in [-0.25, -0.2) is 18.4 Å². The normalized spacial score (nSPS) is 11.6. The van der Waals surface area contributed by atoms with E-state index in [1.165, 1.54) is 6.20 Å². The number of benzene rings is 1. The van der Waals surface area contributed by atoms with Gasteiger partial charge in [-0.15, -0.1) is 0 Å². The van der Waals surface area contributed by atoms with Gasteiger partial charge in [-0.3, -0.25) is 0 Å². The Morgan fingerprint density at radius 3 is 2.67 bits per heavy atom. The van der Waals surface area contributed by atoms with Crippen molar-refractivity contribution < 1.29 is 8.42 Å². The van der Waals surface area contributed by atoms with Gasteiger partial charge in [0.2, 0.25) is 0 Å². The van der Waals surface area contributed by atoms with E-state index in [4.69, 9.17) is 11.6 Å². The summed E-state index contributed by atoms with van der Waals surface area (Å²) < 4.78 is 23.8. The molecule has 7 heteroatoms. The number of sulfone groups is 1. The molecule has 24 heavy (non-hydrogen) atoms. The molecule has 3 rings (SSSR count). The summed E-state index contributed by atoms with van der Waals surface area (Å²) in [6.45, 7) is 0.526. The first-order chi connectivity index (χ1) is 11.3. The highest BCUT2D eigenvalue weighted by atomic mass is 35.5. The summed E-state index contributed by atoms with van der Waals surface area (Å²) >= 11 is 5.95. The molecule has 3 aromatic rings. The minimum atomic E-state index is -3.39. The van der Waals surface area contributed by atoms with Gasteiger partial charge in [0.1, 0.15) is 5.15 Å². The molecule has 0 fully saturated rings. The number of anilines is 1. The number of aromatic nitrogens is 2. The van der Waals surface area contributed by atoms with Crippen LogP contribution in [0.3, 0.4) is 0 Å². The van der Waals surface area contributed by atoms with Crippen molar-refractivity contribution in [1.82, 2.24) is 9.97 Å². The Morgan fingerprint density at radius 2 is 1.92 bits per heavy atom. The highest BCUT2D eigenvalue weighted by Crippen LogP contribution is 2.24. The Balaban J connectivity index is 1.94. The van der Waals surface area contributed by atoms with Crippen LogP contribution < -0.4 is 4.90 Å². The molecule has 5 nitrogen and oxygen atoms in total. The Bertz CT molecular complexity index is 1010. The molecule has 2 aromatic heterocycles. The first-order valence-corrected chi connectivity index (χ1v) is 9.53. The summed E-state index contributed by atoms with van der Waals surface area (Å²) in [4.78, 5) is 10.2. The number of fused-ring (bicyclic) bond motifs is 1. The average molecular weight is 362 g/mol. The average Bonchev–Trinajstić information content (AvgIpc) is 2.53. The molecule has 0 aliphatic rings. The van der Waals surface area contributed by atoms with Crippen LogP contribution in [0.1, 0.15) is 5.56 Å². The summed E-state index contributed by atoms with van der Waals surface area (Å²) in [5.74, 6) is 0. The molecule has 0 radical (unpaired) electrons. The molecular weight excluding hydrogens is 346 g/mol. The molecule has 0 aliphatic heterocycles. The van der Waals surface area contributed by atoms with E-state index < -0.39 is 9.84 Å². The van der Waals surface area contributed by atoms with Crippen LogP contribution in [0, 0.1) is 0 Å². The Hall–Kier alpha value is -2.18. The molecule has 1 aromatic carbocycles. The van der Waals surface area contributed by atoms with Crippen molar-refractivity contribution >= 4 is 38.0 Å². The van der Waals surface area contributed by atoms with Gasteiger partial charge in [0, 0.05) is 31.4 Å². The van der Waals surface area contributed by atoms with Crippen LogP contribution in [0.2, 0.25) is 5.15 Å². The van der Waals surface area contributed by atoms with Crippen LogP contribution in [0.25, 0.3) is 10.9 Å². The predicted molar refractivity (Wildman–Crippen MR) is 96.2 cm³/mol. The largest absolute Gasteiger partial charge is 0.368 e. The molecule has 124 valence electrons. The zero-order chi connectivity index (χ0) is 17.3. The van der Waals surface area contributed by atoms with Gasteiger partial charge in [0.05, 0.1) is 11.2 Å². The van der Waals surface area contributed by atoms with Crippen LogP contribution in [-0.2, 0) is 16.4 Å². The topological polar surface area (TPSA) is 63.2 Å². The number of hydrogen-bond acceptors (Lipinski definition) is 5. The van der Waals surface area contributed by atoms with Crippen LogP contribution in [-0.4, -0.2) is 31.7 Å². The number of nitrogens with zero attached hydrogens (tertiary/aromatic N) is 3. The van der Waals surface area contributed by atoms with Gasteiger partial charge in [-0.05, 0) is 35.9 Å². The predicted octanol–water partition coefficient (Wildman–Crippen LogP) is 3.32. The first-order valence-electron chi connectivity index (χ1n) is 7.26. The van der Waals surface area contributed by atoms with Crippen molar-refractivity contribution in [2.24, 2.45) is 0 Å². The summed E-state index contributed by atoms with van der Waals surface area (Å²) in [6.07, 6.45) is 2.64. The van der Waals surface area contributed by atoms with Crippen LogP contribution in [0.4, 0.5) is 5.69 Å². The molecule has 0 unspecified atom stereocenters. The number of hydrogen-bond donors (Lipinski definition) is 0. The van der Waals surface area contributed by atoms with Crippen molar-refractivity contribution in [2.75, 3.05) is 18.2 Å². The lowest BCUT2D eigenvalue weighted by Gasteiger charge is -2.21. The number of halogens is 1. The van der Waals surface area contributed by atoms with E-state index >= 15 is 0 Å². The second-order valence-corrected chi connectivity index (χ2v) is 7.94. The first kappa shape index (κ1) is 16.7. The molecule has 0 bridgehead atoms. The van der Waals surface area contributed by atoms with Gasteiger partial charge in [-0.2, -0.15) is 0 Å². The Morgan fingerprint density at radius 1 is 1.17 bits per heavy atom. The zero-order valence-corrected chi connectivity index (χ0v) is 14.8. The lowest BCUT2D eigenvalue weighted by atomic mass is 10.1. The van der Waals surface area contributed by atoms with E-state index in [-0.39, 0.29) is 5.03 Å². The molecule has 0 saturated heterocycles. The SMILES string of the molecule is CN(Cc1ccc2ccc(Cl)nc2c1)c1cccnc1S(C)(=O)=O. The fraction of sp³-hybridized carbons (Fsp3) is 0.176. The van der Waals surface area contributed by atoms with Crippen molar-refractivity contribution in [3.63, 3.8) is 0 Å². The smallest absolute Gasteiger partial charge is 0.194 e. The Kier molecular flexibility index (Phi) is 4.43. The van der Waals surface area contributed by atoms with Crippen molar-refractivity contribution in [2.45, 2.75) is 11.6 Å². The van der Waals surface area contributed by atoms with E-state index in [1.807, 2.05) is 36.2 Å². The van der Waals surface area contributed by atoms with Gasteiger partial charge >= 0.3 is 0 Å². The third-order valence-corrected chi connectivity index (χ3v) is 4.88. The van der Waals surface area contributed by atoms with Crippen molar-refractivity contribution in [3.05, 3.63) is 59.4 Å². The highest BCUT2D eigenvalue weighted by molar-refractivity contribution is 7.90. The summed E-state index contributed by atoms with van der Waals surface area (Å²) in [7, 11) is -1.56. The minimum Gasteiger partial charge on any atom is -0.368 e. The number of pyridine rings is 2. The summed E-state index contributed by atoms with van der Waals surface area (Å²) in [6, 6.07) is 13.1. The second kappa shape index (κ2) is 6.37. The molecule has 0 aliphatic carbocycles. The fourth-order valence-electron chi connectivity index (χ4n) is 2.55. The maximum atomic E-state index is 11.9. The van der Waals surface area contributed by atoms with Crippen LogP contribution in [0.5, 0.6) is 0 Å². The molecule has 0 saturated carbocycles. The fourth-order valence-corrected chi connectivity index (χ4v) is 3.56. The van der Waals surface area contributed by atoms with Gasteiger partial charge in [0.25, 0.3) is 0 Å². The van der Waals surface area contributed by atoms with Crippen LogP contribution >= 0.6 is 11.6 Å². The minimum absolute atomic E-state index is 0.0782. The molecule has 0 atom stereocenters. The van der Waals surface area contributed by atoms with E-state index in [0.717, 1.165) is 22.7 Å². The lowest BCUT2D eigenvalue weighted by Crippen LogP contribution is -2.19. The molecule has 0 amide bonds. The van der Waals surface area contributed by atoms with Gasteiger partial charge in [-0.1, -0.05) is 23.7 Å². The summed E-state index contributed by atoms with van der Waals surface area (Å²) in [5.41, 5.74) is 2.38. The second-order valence-electron chi connectivity index (χ2n) is 5.62. The van der Waals surface area contributed by atoms with E-state index in [2.05, 4.69) is 9.97 Å². The van der Waals surface area contributed by atoms with E-state index in [1.54, 1.807) is 18.2 Å². The van der Waals surface area contributed by atoms with Crippen LogP contribution in [0.15, 0.2) is 53.7 Å². The lowest BCUT2D eigenvalue weighted by molar-refractivity contribution is 0.598.